The monoisotopic (exact) mass is 688 g/mol. The molecule has 9 heteroatoms. The Balaban J connectivity index is 1.55. The van der Waals surface area contributed by atoms with Crippen LogP contribution in [0.1, 0.15) is 111 Å². The van der Waals surface area contributed by atoms with Gasteiger partial charge in [-0.3, -0.25) is 4.18 Å². The summed E-state index contributed by atoms with van der Waals surface area (Å²) in [6, 6.07) is 21.7. The molecule has 2 aliphatic heterocycles. The Morgan fingerprint density at radius 2 is 1.23 bits per heavy atom. The Morgan fingerprint density at radius 1 is 0.766 bits per heavy atom. The van der Waals surface area contributed by atoms with E-state index in [1.54, 1.807) is 0 Å². The zero-order valence-corrected chi connectivity index (χ0v) is 31.3. The zero-order valence-electron chi connectivity index (χ0n) is 29.4. The summed E-state index contributed by atoms with van der Waals surface area (Å²) in [5, 5.41) is 12.3. The Kier molecular flexibility index (Phi) is 14.5. The number of hydrogen-bond acceptors (Lipinski definition) is 7. The summed E-state index contributed by atoms with van der Waals surface area (Å²) in [6.07, 6.45) is 13.4. The second-order valence-corrected chi connectivity index (χ2v) is 20.5. The van der Waals surface area contributed by atoms with E-state index in [-0.39, 0.29) is 29.5 Å². The van der Waals surface area contributed by atoms with E-state index in [0.717, 1.165) is 38.4 Å². The predicted molar refractivity (Wildman–Crippen MR) is 192 cm³/mol. The molecule has 0 radical (unpaired) electrons. The lowest BCUT2D eigenvalue weighted by molar-refractivity contribution is -0.108. The van der Waals surface area contributed by atoms with Gasteiger partial charge in [-0.25, -0.2) is 0 Å². The van der Waals surface area contributed by atoms with Crippen LogP contribution >= 0.6 is 0 Å². The number of ether oxygens (including phenoxy) is 2. The third kappa shape index (κ3) is 10.5. The molecule has 0 amide bonds. The van der Waals surface area contributed by atoms with Gasteiger partial charge in [-0.2, -0.15) is 8.42 Å². The van der Waals surface area contributed by atoms with Crippen LogP contribution < -0.4 is 10.4 Å². The standard InChI is InChI=1S/C38H60O7SSi/c1-6-7-8-9-10-11-12-19-24-36(34-27-25-32(42-34)33-26-28-35(43-33)37(29-39)44-46(5,40)41)45-47(38(2,3)4,30-20-15-13-16-21-30)31-22-17-14-18-23-31/h13-18,20-23,32-37,39H,6-12,19,24-29H2,1-5H3/t32-,33+,34+,35+,36+,37-/m0/s1. The van der Waals surface area contributed by atoms with Crippen molar-refractivity contribution in [2.45, 2.75) is 153 Å². The van der Waals surface area contributed by atoms with Gasteiger partial charge >= 0.3 is 0 Å². The Labute approximate surface area is 286 Å². The fourth-order valence-corrected chi connectivity index (χ4v) is 13.0. The molecule has 2 aromatic carbocycles. The summed E-state index contributed by atoms with van der Waals surface area (Å²) in [5.41, 5.74) is 0. The van der Waals surface area contributed by atoms with Crippen molar-refractivity contribution in [1.82, 2.24) is 0 Å². The maximum Gasteiger partial charge on any atom is 0.264 e. The first kappa shape index (κ1) is 38.2. The molecule has 1 N–H and O–H groups in total. The van der Waals surface area contributed by atoms with Crippen LogP contribution in [0.15, 0.2) is 60.7 Å². The molecule has 264 valence electrons. The summed E-state index contributed by atoms with van der Waals surface area (Å²) in [4.78, 5) is 0. The predicted octanol–water partition coefficient (Wildman–Crippen LogP) is 6.89. The van der Waals surface area contributed by atoms with E-state index in [2.05, 4.69) is 88.4 Å². The van der Waals surface area contributed by atoms with Crippen LogP contribution in [0.5, 0.6) is 0 Å². The second-order valence-electron chi connectivity index (χ2n) is 14.7. The maximum atomic E-state index is 11.8. The number of aliphatic hydroxyl groups is 1. The van der Waals surface area contributed by atoms with Crippen molar-refractivity contribution >= 4 is 28.8 Å². The molecule has 0 unspecified atom stereocenters. The van der Waals surface area contributed by atoms with Crippen LogP contribution in [0.25, 0.3) is 0 Å². The van der Waals surface area contributed by atoms with Crippen LogP contribution in [0.2, 0.25) is 5.04 Å². The van der Waals surface area contributed by atoms with Gasteiger partial charge < -0.3 is 19.0 Å². The molecule has 0 bridgehead atoms. The fraction of sp³-hybridized carbons (Fsp3) is 0.684. The van der Waals surface area contributed by atoms with Crippen molar-refractivity contribution in [3.8, 4) is 0 Å². The normalized spacial score (nSPS) is 23.6. The summed E-state index contributed by atoms with van der Waals surface area (Å²) in [5.74, 6) is 0. The lowest BCUT2D eigenvalue weighted by Gasteiger charge is -2.46. The third-order valence-electron chi connectivity index (χ3n) is 9.98. The molecule has 0 saturated carbocycles. The van der Waals surface area contributed by atoms with E-state index >= 15 is 0 Å². The maximum absolute atomic E-state index is 11.8. The minimum Gasteiger partial charge on any atom is -0.402 e. The van der Waals surface area contributed by atoms with Crippen molar-refractivity contribution in [2.24, 2.45) is 0 Å². The highest BCUT2D eigenvalue weighted by molar-refractivity contribution is 7.86. The smallest absolute Gasteiger partial charge is 0.264 e. The Hall–Kier alpha value is -1.59. The lowest BCUT2D eigenvalue weighted by Crippen LogP contribution is -2.68. The largest absolute Gasteiger partial charge is 0.402 e. The van der Waals surface area contributed by atoms with Crippen molar-refractivity contribution in [3.63, 3.8) is 0 Å². The number of hydrogen-bond donors (Lipinski definition) is 1. The van der Waals surface area contributed by atoms with Gasteiger partial charge in [0.25, 0.3) is 18.4 Å². The molecule has 0 aromatic heterocycles. The van der Waals surface area contributed by atoms with Crippen LogP contribution in [0.4, 0.5) is 0 Å². The Morgan fingerprint density at radius 3 is 1.68 bits per heavy atom. The van der Waals surface area contributed by atoms with Gasteiger partial charge in [-0.1, -0.05) is 140 Å². The molecule has 2 heterocycles. The number of benzene rings is 2. The first-order valence-electron chi connectivity index (χ1n) is 18.1. The van der Waals surface area contributed by atoms with Gasteiger partial charge in [0.05, 0.1) is 43.4 Å². The molecular weight excluding hydrogens is 629 g/mol. The molecule has 47 heavy (non-hydrogen) atoms. The van der Waals surface area contributed by atoms with E-state index in [9.17, 15) is 13.5 Å². The van der Waals surface area contributed by atoms with E-state index in [0.29, 0.717) is 6.42 Å². The topological polar surface area (TPSA) is 91.3 Å². The van der Waals surface area contributed by atoms with Crippen molar-refractivity contribution in [2.75, 3.05) is 12.9 Å². The summed E-state index contributed by atoms with van der Waals surface area (Å²) < 4.78 is 49.6. The highest BCUT2D eigenvalue weighted by Crippen LogP contribution is 2.41. The van der Waals surface area contributed by atoms with Crippen molar-refractivity contribution in [1.29, 1.82) is 0 Å². The minimum atomic E-state index is -3.71. The molecular formula is C38H60O7SSi. The molecule has 7 nitrogen and oxygen atoms in total. The van der Waals surface area contributed by atoms with Gasteiger partial charge in [0.2, 0.25) is 0 Å². The van der Waals surface area contributed by atoms with Gasteiger partial charge in [-0.05, 0) is 47.5 Å². The van der Waals surface area contributed by atoms with Gasteiger partial charge in [0.1, 0.15) is 6.10 Å². The van der Waals surface area contributed by atoms with Crippen LogP contribution in [-0.2, 0) is 28.2 Å². The number of unbranched alkanes of at least 4 members (excludes halogenated alkanes) is 7. The number of rotatable bonds is 19. The van der Waals surface area contributed by atoms with E-state index in [1.807, 2.05) is 0 Å². The minimum absolute atomic E-state index is 0.0604. The first-order valence-corrected chi connectivity index (χ1v) is 21.8. The lowest BCUT2D eigenvalue weighted by atomic mass is 10.0. The second kappa shape index (κ2) is 17.9. The SMILES string of the molecule is CCCCCCCCCC[C@@H](O[Si](c1ccccc1)(c1ccccc1)C(C)(C)C)[C@H]1CC[C@@H]([C@H]2CC[C@H]([C@H](CO)OS(C)(=O)=O)O2)O1. The molecule has 0 aliphatic carbocycles. The molecule has 2 aromatic rings. The van der Waals surface area contributed by atoms with Crippen LogP contribution in [0, 0.1) is 0 Å². The van der Waals surface area contributed by atoms with Gasteiger partial charge in [0, 0.05) is 0 Å². The molecule has 2 aliphatic rings. The molecule has 2 fully saturated rings. The first-order chi connectivity index (χ1) is 22.5. The quantitative estimate of drug-likeness (QED) is 0.0976. The highest BCUT2D eigenvalue weighted by atomic mass is 32.2. The third-order valence-corrected chi connectivity index (χ3v) is 15.6. The summed E-state index contributed by atoms with van der Waals surface area (Å²) >= 11 is 0. The molecule has 2 saturated heterocycles. The molecule has 6 atom stereocenters. The molecule has 0 spiro atoms. The van der Waals surface area contributed by atoms with Gasteiger partial charge in [-0.15, -0.1) is 0 Å². The zero-order chi connectivity index (χ0) is 33.9. The average molecular weight is 689 g/mol. The Bertz CT molecular complexity index is 1240. The summed E-state index contributed by atoms with van der Waals surface area (Å²) in [7, 11) is -6.50. The highest BCUT2D eigenvalue weighted by Gasteiger charge is 2.53. The molecule has 4 rings (SSSR count). The van der Waals surface area contributed by atoms with Crippen molar-refractivity contribution in [3.05, 3.63) is 60.7 Å². The summed E-state index contributed by atoms with van der Waals surface area (Å²) in [6.45, 7) is 8.83. The van der Waals surface area contributed by atoms with E-state index in [4.69, 9.17) is 18.1 Å². The fourth-order valence-electron chi connectivity index (χ4n) is 7.63. The number of aliphatic hydroxyl groups excluding tert-OH is 1. The average Bonchev–Trinajstić information content (AvgIpc) is 3.73. The van der Waals surface area contributed by atoms with Crippen molar-refractivity contribution < 1.29 is 31.6 Å². The van der Waals surface area contributed by atoms with E-state index < -0.39 is 37.3 Å². The van der Waals surface area contributed by atoms with Crippen LogP contribution in [0.3, 0.4) is 0 Å². The van der Waals surface area contributed by atoms with Crippen LogP contribution in [-0.4, -0.2) is 71.3 Å². The van der Waals surface area contributed by atoms with Gasteiger partial charge in [0.15, 0.2) is 0 Å². The van der Waals surface area contributed by atoms with E-state index in [1.165, 1.54) is 55.3 Å².